The van der Waals surface area contributed by atoms with E-state index in [-0.39, 0.29) is 107 Å². The van der Waals surface area contributed by atoms with Gasteiger partial charge in [-0.05, 0) is 129 Å². The Kier molecular flexibility index (Phi) is 16.9. The van der Waals surface area contributed by atoms with Gasteiger partial charge in [0.25, 0.3) is 0 Å². The van der Waals surface area contributed by atoms with Crippen LogP contribution in [0.1, 0.15) is 141 Å². The molecule has 20 nitrogen and oxygen atoms in total. The number of hydrogen-bond acceptors (Lipinski definition) is 18. The first-order valence-corrected chi connectivity index (χ1v) is 28.5. The molecule has 11 rings (SSSR count). The standard InChI is InChI=1S/C35H38N4O8.C28H35NO7.HI/c1-19-12-13-33(3)26(34(19,4)18-44-20(2)40)16-27(46-31(42)21-8-10-23(11-9-21)38-39-36)35(5)30(33)29(41)28-25(47-35)15-24(45-32(28)43)22-7-6-14-37-17-22;1-15-8-9-26(3)20(27(15,4)14-34-16(2)30)12-21(31)28(5)24(26)23(32)22-19(36-28)11-18(35-25(22)33)17-7-6-10-29-13-17;/h6-11,14-15,17,19,26-27,29-30,41H,12-13,16,18H2,1-5H3;6-7,10-11,13,15,20-21,23-24,31-32H,8-9,12,14H2,1-5H3;1H/t19-,26?,27-,29-,30?,33-,34+,35+;15-,20?,21-,23-,24?,26-,27+,28+;/m00./s1. The Morgan fingerprint density at radius 1 is 0.690 bits per heavy atom. The Morgan fingerprint density at radius 3 is 1.58 bits per heavy atom. The predicted molar refractivity (Wildman–Crippen MR) is 316 cm³/mol. The summed E-state index contributed by atoms with van der Waals surface area (Å²) >= 11 is 0. The molecule has 6 aliphatic rings. The molecule has 3 N–H and O–H groups in total. The van der Waals surface area contributed by atoms with Gasteiger partial charge in [0.15, 0.2) is 0 Å². The monoisotopic (exact) mass is 1270 g/mol. The van der Waals surface area contributed by atoms with Crippen LogP contribution in [0.15, 0.2) is 109 Å². The van der Waals surface area contributed by atoms with Gasteiger partial charge in [-0.2, -0.15) is 0 Å². The topological polar surface area (TPSA) is 293 Å². The molecule has 0 bridgehead atoms. The molecule has 4 aromatic heterocycles. The highest BCUT2D eigenvalue weighted by Gasteiger charge is 2.71. The number of aliphatic hydroxyl groups is 3. The maximum absolute atomic E-state index is 13.7. The fourth-order valence-electron chi connectivity index (χ4n) is 16.2. The summed E-state index contributed by atoms with van der Waals surface area (Å²) in [6.07, 6.45) is 6.02. The normalized spacial score (nSPS) is 34.9. The second-order valence-electron chi connectivity index (χ2n) is 25.4. The lowest BCUT2D eigenvalue weighted by Crippen LogP contribution is -2.70. The van der Waals surface area contributed by atoms with Crippen molar-refractivity contribution in [3.05, 3.63) is 133 Å². The molecule has 448 valence electrons. The molecule has 0 spiro atoms. The summed E-state index contributed by atoms with van der Waals surface area (Å²) in [7, 11) is 0. The zero-order valence-corrected chi connectivity index (χ0v) is 51.2. The number of nitrogens with zero attached hydrogens (tertiary/aromatic N) is 5. The molecule has 4 fully saturated rings. The molecule has 4 saturated carbocycles. The number of azide groups is 1. The number of halogens is 1. The highest BCUT2D eigenvalue weighted by molar-refractivity contribution is 14.0. The molecule has 4 aliphatic carbocycles. The molecule has 21 heteroatoms. The van der Waals surface area contributed by atoms with Gasteiger partial charge in [-0.3, -0.25) is 19.6 Å². The number of hydrogen-bond donors (Lipinski definition) is 3. The minimum Gasteiger partial charge on any atom is -0.484 e. The van der Waals surface area contributed by atoms with Crippen LogP contribution in [0.4, 0.5) is 5.69 Å². The maximum Gasteiger partial charge on any atom is 0.345 e. The summed E-state index contributed by atoms with van der Waals surface area (Å²) in [5.74, 6) is -1.63. The Labute approximate surface area is 503 Å². The molecule has 2 aliphatic heterocycles. The molecule has 16 atom stereocenters. The maximum atomic E-state index is 13.7. The molecule has 6 heterocycles. The highest BCUT2D eigenvalue weighted by Crippen LogP contribution is 2.70. The van der Waals surface area contributed by atoms with Crippen molar-refractivity contribution >= 4 is 47.6 Å². The minimum atomic E-state index is -1.31. The Morgan fingerprint density at radius 2 is 1.14 bits per heavy atom. The van der Waals surface area contributed by atoms with Gasteiger partial charge in [-0.1, -0.05) is 58.8 Å². The summed E-state index contributed by atoms with van der Waals surface area (Å²) in [5.41, 5.74) is 4.78. The first kappa shape index (κ1) is 61.9. The lowest BCUT2D eigenvalue weighted by atomic mass is 9.41. The van der Waals surface area contributed by atoms with E-state index >= 15 is 0 Å². The summed E-state index contributed by atoms with van der Waals surface area (Å²) in [6, 6.07) is 16.2. The third kappa shape index (κ3) is 10.4. The molecule has 84 heavy (non-hydrogen) atoms. The second kappa shape index (κ2) is 23.0. The summed E-state index contributed by atoms with van der Waals surface area (Å²) in [4.78, 5) is 75.2. The number of rotatable bonds is 9. The lowest BCUT2D eigenvalue weighted by Gasteiger charge is -2.66. The second-order valence-corrected chi connectivity index (χ2v) is 25.4. The average molecular weight is 1270 g/mol. The van der Waals surface area contributed by atoms with Crippen molar-refractivity contribution in [2.45, 2.75) is 143 Å². The molecule has 5 aromatic rings. The predicted octanol–water partition coefficient (Wildman–Crippen LogP) is 11.2. The van der Waals surface area contributed by atoms with Gasteiger partial charge in [0.2, 0.25) is 0 Å². The van der Waals surface area contributed by atoms with Crippen molar-refractivity contribution in [1.29, 1.82) is 0 Å². The Balaban J connectivity index is 0.000000206. The fourth-order valence-corrected chi connectivity index (χ4v) is 16.2. The van der Waals surface area contributed by atoms with Crippen molar-refractivity contribution < 1.29 is 62.2 Å². The van der Waals surface area contributed by atoms with Gasteiger partial charge in [0.1, 0.15) is 51.5 Å². The number of carbonyl (C=O) groups is 3. The van der Waals surface area contributed by atoms with Gasteiger partial charge in [-0.15, -0.1) is 24.0 Å². The van der Waals surface area contributed by atoms with Gasteiger partial charge in [-0.25, -0.2) is 14.4 Å². The van der Waals surface area contributed by atoms with Crippen molar-refractivity contribution in [3.8, 4) is 34.1 Å². The van der Waals surface area contributed by atoms with Crippen LogP contribution < -0.4 is 20.7 Å². The minimum absolute atomic E-state index is 0. The van der Waals surface area contributed by atoms with Crippen LogP contribution in [0.2, 0.25) is 0 Å². The van der Waals surface area contributed by atoms with E-state index in [1.165, 1.54) is 38.1 Å². The van der Waals surface area contributed by atoms with E-state index in [2.05, 4.69) is 61.5 Å². The lowest BCUT2D eigenvalue weighted by molar-refractivity contribution is -0.257. The molecule has 0 saturated heterocycles. The van der Waals surface area contributed by atoms with Crippen LogP contribution >= 0.6 is 24.0 Å². The number of aromatic nitrogens is 2. The van der Waals surface area contributed by atoms with Crippen molar-refractivity contribution in [3.63, 3.8) is 0 Å². The zero-order valence-electron chi connectivity index (χ0n) is 48.9. The Bertz CT molecular complexity index is 3490. The fraction of sp³-hybridized carbons (Fsp3) is 0.540. The number of esters is 3. The number of ether oxygens (including phenoxy) is 5. The van der Waals surface area contributed by atoms with Crippen LogP contribution in [-0.2, 0) is 23.8 Å². The number of carbonyl (C=O) groups excluding carboxylic acids is 3. The summed E-state index contributed by atoms with van der Waals surface area (Å²) < 4.78 is 42.0. The summed E-state index contributed by atoms with van der Waals surface area (Å²) in [6.45, 7) is 19.5. The van der Waals surface area contributed by atoms with E-state index in [0.29, 0.717) is 36.1 Å². The first-order chi connectivity index (χ1) is 39.2. The van der Waals surface area contributed by atoms with E-state index in [1.807, 2.05) is 13.8 Å². The molecule has 0 amide bonds. The zero-order chi connectivity index (χ0) is 59.8. The van der Waals surface area contributed by atoms with Crippen molar-refractivity contribution in [2.75, 3.05) is 13.2 Å². The first-order valence-electron chi connectivity index (χ1n) is 28.5. The van der Waals surface area contributed by atoms with E-state index in [9.17, 15) is 39.3 Å². The van der Waals surface area contributed by atoms with Crippen LogP contribution in [-0.4, -0.2) is 79.8 Å². The molecule has 1 aromatic carbocycles. The van der Waals surface area contributed by atoms with Gasteiger partial charge < -0.3 is 47.8 Å². The van der Waals surface area contributed by atoms with E-state index < -0.39 is 92.3 Å². The van der Waals surface area contributed by atoms with Crippen LogP contribution in [0.5, 0.6) is 11.5 Å². The third-order valence-corrected chi connectivity index (χ3v) is 20.9. The van der Waals surface area contributed by atoms with E-state index in [1.54, 1.807) is 61.2 Å². The van der Waals surface area contributed by atoms with Gasteiger partial charge in [0.05, 0.1) is 37.1 Å². The number of pyridine rings is 2. The number of benzene rings is 1. The molecular formula is C63H74IN5O15. The molecule has 0 radical (unpaired) electrons. The quantitative estimate of drug-likeness (QED) is 0.0308. The SMILES string of the molecule is CC(=O)OC[C@@]1(C)C2C[C@H](O)[C@@]3(C)Oc4cc(-c5cccnc5)oc(=O)c4[C@H](O)C3[C@@]2(C)CC[C@@H]1C.CC(=O)OC[C@@]1(C)C2C[C@H](OC(=O)c3ccc(N=[N+]=[N-])cc3)[C@@]3(C)Oc4cc(-c5cccnc5)oc(=O)c4[C@H](O)C3[C@@]2(C)CC[C@@H]1C.I. The Hall–Kier alpha value is -6.65. The van der Waals surface area contributed by atoms with Crippen molar-refractivity contribution in [1.82, 2.24) is 9.97 Å². The molecule has 4 unspecified atom stereocenters. The third-order valence-electron chi connectivity index (χ3n) is 20.9. The largest absolute Gasteiger partial charge is 0.484 e. The van der Waals surface area contributed by atoms with Crippen LogP contribution in [0.3, 0.4) is 0 Å². The van der Waals surface area contributed by atoms with E-state index in [0.717, 1.165) is 19.3 Å². The smallest absolute Gasteiger partial charge is 0.345 e. The highest BCUT2D eigenvalue weighted by atomic mass is 127. The van der Waals surface area contributed by atoms with Crippen LogP contribution in [0.25, 0.3) is 33.1 Å². The molecular weight excluding hydrogens is 1190 g/mol. The van der Waals surface area contributed by atoms with Gasteiger partial charge in [0, 0.05) is 95.2 Å². The van der Waals surface area contributed by atoms with Crippen LogP contribution in [0, 0.1) is 57.2 Å². The average Bonchev–Trinajstić information content (AvgIpc) is 0.753. The van der Waals surface area contributed by atoms with Crippen molar-refractivity contribution in [2.24, 2.45) is 62.3 Å². The van der Waals surface area contributed by atoms with E-state index in [4.69, 9.17) is 38.0 Å². The number of fused-ring (bicyclic) bond motifs is 8. The number of aliphatic hydroxyl groups excluding tert-OH is 3. The van der Waals surface area contributed by atoms with Gasteiger partial charge >= 0.3 is 29.2 Å². The summed E-state index contributed by atoms with van der Waals surface area (Å²) in [5, 5.41) is 39.2.